The van der Waals surface area contributed by atoms with Gasteiger partial charge >= 0.3 is 0 Å². The van der Waals surface area contributed by atoms with Gasteiger partial charge in [-0.25, -0.2) is 0 Å². The van der Waals surface area contributed by atoms with E-state index >= 15 is 0 Å². The highest BCUT2D eigenvalue weighted by Gasteiger charge is 2.24. The average molecular weight is 330 g/mol. The Balaban J connectivity index is 1.58. The van der Waals surface area contributed by atoms with E-state index in [1.807, 2.05) is 18.2 Å². The zero-order chi connectivity index (χ0) is 16.9. The Morgan fingerprint density at radius 2 is 2.08 bits per heavy atom. The Kier molecular flexibility index (Phi) is 4.88. The minimum atomic E-state index is -0.0924. The molecule has 2 N–H and O–H groups in total. The van der Waals surface area contributed by atoms with Crippen LogP contribution in [0.25, 0.3) is 0 Å². The third-order valence-corrected chi connectivity index (χ3v) is 4.30. The van der Waals surface area contributed by atoms with Crippen LogP contribution in [-0.2, 0) is 0 Å². The molecule has 2 aromatic rings. The number of anilines is 1. The third-order valence-electron chi connectivity index (χ3n) is 4.30. The lowest BCUT2D eigenvalue weighted by molar-refractivity contribution is 0.0948. The lowest BCUT2D eigenvalue weighted by atomic mass is 10.1. The second-order valence-corrected chi connectivity index (χ2v) is 5.87. The molecule has 1 aromatic carbocycles. The van der Waals surface area contributed by atoms with Crippen LogP contribution in [0.3, 0.4) is 0 Å². The first-order valence-corrected chi connectivity index (χ1v) is 7.94. The molecule has 3 rings (SSSR count). The van der Waals surface area contributed by atoms with Crippen LogP contribution < -0.4 is 19.7 Å². The van der Waals surface area contributed by atoms with Crippen LogP contribution in [0.5, 0.6) is 11.5 Å². The van der Waals surface area contributed by atoms with Gasteiger partial charge in [0, 0.05) is 49.7 Å². The highest BCUT2D eigenvalue weighted by Crippen LogP contribution is 2.31. The van der Waals surface area contributed by atoms with Crippen molar-refractivity contribution in [3.8, 4) is 11.5 Å². The minimum Gasteiger partial charge on any atom is -0.497 e. The van der Waals surface area contributed by atoms with Crippen molar-refractivity contribution in [3.05, 3.63) is 36.2 Å². The van der Waals surface area contributed by atoms with Gasteiger partial charge in [-0.2, -0.15) is 5.10 Å². The maximum Gasteiger partial charge on any atom is 0.254 e. The summed E-state index contributed by atoms with van der Waals surface area (Å²) in [6, 6.07) is 5.88. The Bertz CT molecular complexity index is 665. The minimum absolute atomic E-state index is 0.0924. The lowest BCUT2D eigenvalue weighted by Crippen LogP contribution is -2.30. The smallest absolute Gasteiger partial charge is 0.254 e. The van der Waals surface area contributed by atoms with Gasteiger partial charge in [0.15, 0.2) is 0 Å². The molecule has 1 atom stereocenters. The molecule has 1 amide bonds. The van der Waals surface area contributed by atoms with E-state index < -0.39 is 0 Å². The fourth-order valence-corrected chi connectivity index (χ4v) is 2.92. The van der Waals surface area contributed by atoms with Crippen LogP contribution in [0, 0.1) is 5.92 Å². The largest absolute Gasteiger partial charge is 0.497 e. The topological polar surface area (TPSA) is 79.5 Å². The van der Waals surface area contributed by atoms with Crippen molar-refractivity contribution in [2.24, 2.45) is 5.92 Å². The van der Waals surface area contributed by atoms with Gasteiger partial charge in [-0.3, -0.25) is 9.89 Å². The summed E-state index contributed by atoms with van der Waals surface area (Å²) in [5, 5.41) is 9.40. The molecular formula is C17H22N4O3. The van der Waals surface area contributed by atoms with Gasteiger partial charge in [-0.1, -0.05) is 0 Å². The van der Waals surface area contributed by atoms with Gasteiger partial charge in [0.1, 0.15) is 11.5 Å². The summed E-state index contributed by atoms with van der Waals surface area (Å²) in [6.45, 7) is 2.49. The standard InChI is InChI=1S/C17H22N4O3/c1-23-15-5-14(6-16(7-15)24-2)21-4-3-12(11-21)8-18-17(22)13-9-19-20-10-13/h5-7,9-10,12H,3-4,8,11H2,1-2H3,(H,18,22)(H,19,20). The number of methoxy groups -OCH3 is 2. The average Bonchev–Trinajstić information content (AvgIpc) is 3.30. The fraction of sp³-hybridized carbons (Fsp3) is 0.412. The van der Waals surface area contributed by atoms with Crippen molar-refractivity contribution in [1.29, 1.82) is 0 Å². The summed E-state index contributed by atoms with van der Waals surface area (Å²) in [4.78, 5) is 14.3. The Morgan fingerprint density at radius 3 is 2.71 bits per heavy atom. The summed E-state index contributed by atoms with van der Waals surface area (Å²) in [5.74, 6) is 1.88. The molecule has 0 saturated carbocycles. The van der Waals surface area contributed by atoms with Crippen LogP contribution in [0.2, 0.25) is 0 Å². The second-order valence-electron chi connectivity index (χ2n) is 5.87. The van der Waals surface area contributed by atoms with Crippen LogP contribution in [0.15, 0.2) is 30.6 Å². The van der Waals surface area contributed by atoms with E-state index in [1.54, 1.807) is 20.4 Å². The van der Waals surface area contributed by atoms with Crippen molar-refractivity contribution in [3.63, 3.8) is 0 Å². The van der Waals surface area contributed by atoms with E-state index in [1.165, 1.54) is 6.20 Å². The van der Waals surface area contributed by atoms with E-state index in [0.717, 1.165) is 36.7 Å². The fourth-order valence-electron chi connectivity index (χ4n) is 2.92. The molecule has 1 aromatic heterocycles. The molecule has 7 heteroatoms. The zero-order valence-corrected chi connectivity index (χ0v) is 13.9. The molecule has 1 aliphatic heterocycles. The third kappa shape index (κ3) is 3.61. The molecule has 24 heavy (non-hydrogen) atoms. The van der Waals surface area contributed by atoms with Crippen LogP contribution in [-0.4, -0.2) is 50.0 Å². The number of hydrogen-bond donors (Lipinski definition) is 2. The summed E-state index contributed by atoms with van der Waals surface area (Å²) in [6.07, 6.45) is 4.16. The van der Waals surface area contributed by atoms with E-state index in [4.69, 9.17) is 9.47 Å². The maximum atomic E-state index is 12.0. The predicted octanol–water partition coefficient (Wildman–Crippen LogP) is 1.68. The van der Waals surface area contributed by atoms with Crippen molar-refractivity contribution in [2.75, 3.05) is 38.8 Å². The highest BCUT2D eigenvalue weighted by molar-refractivity contribution is 5.93. The number of rotatable bonds is 6. The van der Waals surface area contributed by atoms with Crippen LogP contribution >= 0.6 is 0 Å². The molecule has 0 radical (unpaired) electrons. The first-order chi connectivity index (χ1) is 11.7. The van der Waals surface area contributed by atoms with Crippen LogP contribution in [0.1, 0.15) is 16.8 Å². The van der Waals surface area contributed by atoms with Crippen molar-refractivity contribution >= 4 is 11.6 Å². The summed E-state index contributed by atoms with van der Waals surface area (Å²) < 4.78 is 10.7. The molecule has 2 heterocycles. The van der Waals surface area contributed by atoms with Gasteiger partial charge in [0.2, 0.25) is 0 Å². The van der Waals surface area contributed by atoms with Crippen LogP contribution in [0.4, 0.5) is 5.69 Å². The Labute approximate surface area is 140 Å². The zero-order valence-electron chi connectivity index (χ0n) is 13.9. The summed E-state index contributed by atoms with van der Waals surface area (Å²) in [5.41, 5.74) is 1.64. The number of benzene rings is 1. The number of nitrogens with zero attached hydrogens (tertiary/aromatic N) is 2. The van der Waals surface area contributed by atoms with E-state index in [2.05, 4.69) is 20.4 Å². The number of hydrogen-bond acceptors (Lipinski definition) is 5. The molecule has 0 aliphatic carbocycles. The number of aromatic amines is 1. The molecule has 7 nitrogen and oxygen atoms in total. The van der Waals surface area contributed by atoms with E-state index in [-0.39, 0.29) is 5.91 Å². The van der Waals surface area contributed by atoms with Gasteiger partial charge in [0.05, 0.1) is 26.0 Å². The van der Waals surface area contributed by atoms with Crippen molar-refractivity contribution < 1.29 is 14.3 Å². The van der Waals surface area contributed by atoms with Gasteiger partial charge < -0.3 is 19.7 Å². The van der Waals surface area contributed by atoms with E-state index in [9.17, 15) is 4.79 Å². The number of aromatic nitrogens is 2. The highest BCUT2D eigenvalue weighted by atomic mass is 16.5. The monoisotopic (exact) mass is 330 g/mol. The second kappa shape index (κ2) is 7.25. The summed E-state index contributed by atoms with van der Waals surface area (Å²) >= 11 is 0. The lowest BCUT2D eigenvalue weighted by Gasteiger charge is -2.20. The maximum absolute atomic E-state index is 12.0. The molecule has 1 aliphatic rings. The Morgan fingerprint density at radius 1 is 1.33 bits per heavy atom. The molecule has 0 spiro atoms. The molecule has 1 fully saturated rings. The number of nitrogens with one attached hydrogen (secondary N) is 2. The van der Waals surface area contributed by atoms with Crippen molar-refractivity contribution in [1.82, 2.24) is 15.5 Å². The number of carbonyl (C=O) groups is 1. The SMILES string of the molecule is COc1cc(OC)cc(N2CCC(CNC(=O)c3cn[nH]c3)C2)c1. The number of amides is 1. The number of H-pyrrole nitrogens is 1. The predicted molar refractivity (Wildman–Crippen MR) is 90.8 cm³/mol. The number of ether oxygens (including phenoxy) is 2. The first-order valence-electron chi connectivity index (χ1n) is 7.94. The Hall–Kier alpha value is -2.70. The van der Waals surface area contributed by atoms with Gasteiger partial charge in [-0.05, 0) is 12.3 Å². The van der Waals surface area contributed by atoms with Gasteiger partial charge in [0.25, 0.3) is 5.91 Å². The molecular weight excluding hydrogens is 308 g/mol. The number of carbonyl (C=O) groups excluding carboxylic acids is 1. The first kappa shape index (κ1) is 16.2. The molecule has 0 bridgehead atoms. The van der Waals surface area contributed by atoms with Gasteiger partial charge in [-0.15, -0.1) is 0 Å². The van der Waals surface area contributed by atoms with Crippen molar-refractivity contribution in [2.45, 2.75) is 6.42 Å². The van der Waals surface area contributed by atoms with E-state index in [0.29, 0.717) is 18.0 Å². The molecule has 1 unspecified atom stereocenters. The molecule has 128 valence electrons. The quantitative estimate of drug-likeness (QED) is 0.842. The molecule has 1 saturated heterocycles. The normalized spacial score (nSPS) is 16.9. The summed E-state index contributed by atoms with van der Waals surface area (Å²) in [7, 11) is 3.30.